The van der Waals surface area contributed by atoms with Crippen LogP contribution < -0.4 is 5.32 Å². The summed E-state index contributed by atoms with van der Waals surface area (Å²) in [6.07, 6.45) is 9.68. The third kappa shape index (κ3) is 2.05. The Balaban J connectivity index is 1.47. The van der Waals surface area contributed by atoms with Crippen LogP contribution in [0.15, 0.2) is 12.4 Å². The predicted molar refractivity (Wildman–Crippen MR) is 66.5 cm³/mol. The van der Waals surface area contributed by atoms with Crippen LogP contribution in [0, 0.1) is 11.3 Å². The van der Waals surface area contributed by atoms with E-state index in [1.54, 1.807) is 0 Å². The molecule has 1 spiro atoms. The Hall–Kier alpha value is -1.65. The number of rotatable bonds is 4. The van der Waals surface area contributed by atoms with Gasteiger partial charge in [0.25, 0.3) is 0 Å². The predicted octanol–water partition coefficient (Wildman–Crippen LogP) is 2.17. The highest BCUT2D eigenvalue weighted by atomic mass is 16.4. The van der Waals surface area contributed by atoms with Crippen molar-refractivity contribution in [2.75, 3.05) is 11.9 Å². The zero-order valence-electron chi connectivity index (χ0n) is 10.2. The van der Waals surface area contributed by atoms with Gasteiger partial charge in [0.1, 0.15) is 5.82 Å². The molecule has 0 bridgehead atoms. The van der Waals surface area contributed by atoms with Crippen molar-refractivity contribution in [1.82, 2.24) is 9.97 Å². The summed E-state index contributed by atoms with van der Waals surface area (Å²) in [5.41, 5.74) is 0.683. The zero-order valence-corrected chi connectivity index (χ0v) is 10.2. The molecule has 3 rings (SSSR count). The SMILES string of the molecule is O=C(O)c1cnc(NCC2CC3(CCC3)C2)cn1. The van der Waals surface area contributed by atoms with E-state index in [-0.39, 0.29) is 5.69 Å². The Kier molecular flexibility index (Phi) is 2.69. The summed E-state index contributed by atoms with van der Waals surface area (Å²) in [7, 11) is 0. The highest BCUT2D eigenvalue weighted by molar-refractivity contribution is 5.84. The molecule has 2 saturated carbocycles. The molecule has 0 saturated heterocycles. The van der Waals surface area contributed by atoms with E-state index in [0.717, 1.165) is 12.5 Å². The summed E-state index contributed by atoms with van der Waals surface area (Å²) < 4.78 is 0. The molecule has 1 aromatic rings. The Bertz CT molecular complexity index is 446. The van der Waals surface area contributed by atoms with Gasteiger partial charge >= 0.3 is 5.97 Å². The van der Waals surface area contributed by atoms with E-state index in [9.17, 15) is 4.79 Å². The van der Waals surface area contributed by atoms with Gasteiger partial charge in [-0.1, -0.05) is 6.42 Å². The van der Waals surface area contributed by atoms with E-state index >= 15 is 0 Å². The number of carboxylic acids is 1. The summed E-state index contributed by atoms with van der Waals surface area (Å²) >= 11 is 0. The van der Waals surface area contributed by atoms with Gasteiger partial charge in [-0.15, -0.1) is 0 Å². The molecule has 2 aliphatic rings. The van der Waals surface area contributed by atoms with Crippen molar-refractivity contribution >= 4 is 11.8 Å². The van der Waals surface area contributed by atoms with Gasteiger partial charge in [0, 0.05) is 6.54 Å². The number of anilines is 1. The fraction of sp³-hybridized carbons (Fsp3) is 0.615. The van der Waals surface area contributed by atoms with E-state index in [4.69, 9.17) is 5.11 Å². The van der Waals surface area contributed by atoms with Crippen molar-refractivity contribution in [1.29, 1.82) is 0 Å². The highest BCUT2D eigenvalue weighted by Gasteiger charge is 2.47. The number of aromatic nitrogens is 2. The van der Waals surface area contributed by atoms with Crippen LogP contribution in [0.1, 0.15) is 42.6 Å². The Morgan fingerprint density at radius 2 is 2.17 bits per heavy atom. The van der Waals surface area contributed by atoms with Crippen LogP contribution in [0.2, 0.25) is 0 Å². The van der Waals surface area contributed by atoms with Crippen molar-refractivity contribution in [2.24, 2.45) is 11.3 Å². The van der Waals surface area contributed by atoms with Crippen LogP contribution in [0.25, 0.3) is 0 Å². The van der Waals surface area contributed by atoms with Crippen LogP contribution in [-0.4, -0.2) is 27.6 Å². The molecule has 2 aliphatic carbocycles. The molecule has 0 aliphatic heterocycles. The topological polar surface area (TPSA) is 75.1 Å². The Labute approximate surface area is 106 Å². The van der Waals surface area contributed by atoms with Gasteiger partial charge in [-0.25, -0.2) is 14.8 Å². The molecule has 2 fully saturated rings. The van der Waals surface area contributed by atoms with Crippen molar-refractivity contribution in [3.8, 4) is 0 Å². The lowest BCUT2D eigenvalue weighted by Gasteiger charge is -2.54. The molecule has 1 heterocycles. The van der Waals surface area contributed by atoms with Crippen LogP contribution >= 0.6 is 0 Å². The van der Waals surface area contributed by atoms with Crippen molar-refractivity contribution < 1.29 is 9.90 Å². The summed E-state index contributed by atoms with van der Waals surface area (Å²) in [4.78, 5) is 18.5. The monoisotopic (exact) mass is 247 g/mol. The first-order valence-corrected chi connectivity index (χ1v) is 6.46. The fourth-order valence-corrected chi connectivity index (χ4v) is 3.17. The minimum Gasteiger partial charge on any atom is -0.476 e. The van der Waals surface area contributed by atoms with E-state index in [1.165, 1.54) is 44.5 Å². The van der Waals surface area contributed by atoms with Gasteiger partial charge in [0.05, 0.1) is 12.4 Å². The van der Waals surface area contributed by atoms with E-state index in [1.807, 2.05) is 0 Å². The van der Waals surface area contributed by atoms with Gasteiger partial charge in [-0.3, -0.25) is 0 Å². The van der Waals surface area contributed by atoms with Crippen LogP contribution in [0.5, 0.6) is 0 Å². The minimum absolute atomic E-state index is 0.0161. The maximum atomic E-state index is 10.6. The second-order valence-corrected chi connectivity index (χ2v) is 5.60. The average molecular weight is 247 g/mol. The number of carbonyl (C=O) groups is 1. The quantitative estimate of drug-likeness (QED) is 0.852. The highest BCUT2D eigenvalue weighted by Crippen LogP contribution is 2.58. The van der Waals surface area contributed by atoms with Gasteiger partial charge < -0.3 is 10.4 Å². The number of aromatic carboxylic acids is 1. The number of nitrogens with zero attached hydrogens (tertiary/aromatic N) is 2. The average Bonchev–Trinajstić information content (AvgIpc) is 2.25. The minimum atomic E-state index is -1.04. The van der Waals surface area contributed by atoms with Crippen molar-refractivity contribution in [3.63, 3.8) is 0 Å². The molecule has 1 aromatic heterocycles. The van der Waals surface area contributed by atoms with Crippen molar-refractivity contribution in [3.05, 3.63) is 18.1 Å². The largest absolute Gasteiger partial charge is 0.476 e. The summed E-state index contributed by atoms with van der Waals surface area (Å²) in [6.45, 7) is 0.919. The lowest BCUT2D eigenvalue weighted by Crippen LogP contribution is -2.45. The molecule has 5 nitrogen and oxygen atoms in total. The molecule has 5 heteroatoms. The second kappa shape index (κ2) is 4.23. The molecule has 0 atom stereocenters. The van der Waals surface area contributed by atoms with Crippen LogP contribution in [0.3, 0.4) is 0 Å². The van der Waals surface area contributed by atoms with E-state index in [0.29, 0.717) is 11.2 Å². The fourth-order valence-electron chi connectivity index (χ4n) is 3.17. The first kappa shape index (κ1) is 11.4. The third-order valence-electron chi connectivity index (χ3n) is 4.30. The van der Waals surface area contributed by atoms with Gasteiger partial charge in [0.15, 0.2) is 5.69 Å². The van der Waals surface area contributed by atoms with E-state index < -0.39 is 5.97 Å². The number of hydrogen-bond acceptors (Lipinski definition) is 4. The van der Waals surface area contributed by atoms with Crippen LogP contribution in [-0.2, 0) is 0 Å². The standard InChI is InChI=1S/C13H17N3O2/c17-12(18)10-7-16-11(8-14-10)15-6-9-4-13(5-9)2-1-3-13/h7-9H,1-6H2,(H,15,16)(H,17,18). The first-order valence-electron chi connectivity index (χ1n) is 6.46. The maximum absolute atomic E-state index is 10.6. The molecule has 2 N–H and O–H groups in total. The maximum Gasteiger partial charge on any atom is 0.356 e. The summed E-state index contributed by atoms with van der Waals surface area (Å²) in [5.74, 6) is 0.362. The number of hydrogen-bond donors (Lipinski definition) is 2. The molecule has 18 heavy (non-hydrogen) atoms. The molecule has 0 radical (unpaired) electrons. The first-order chi connectivity index (χ1) is 8.67. The summed E-state index contributed by atoms with van der Waals surface area (Å²) in [6, 6.07) is 0. The second-order valence-electron chi connectivity index (χ2n) is 5.60. The number of carboxylic acid groups (broad SMARTS) is 1. The van der Waals surface area contributed by atoms with Gasteiger partial charge in [-0.2, -0.15) is 0 Å². The van der Waals surface area contributed by atoms with Crippen molar-refractivity contribution in [2.45, 2.75) is 32.1 Å². The van der Waals surface area contributed by atoms with Gasteiger partial charge in [-0.05, 0) is 37.0 Å². The van der Waals surface area contributed by atoms with Crippen LogP contribution in [0.4, 0.5) is 5.82 Å². The normalized spacial score (nSPS) is 21.1. The molecule has 0 amide bonds. The molecule has 96 valence electrons. The Morgan fingerprint density at radius 1 is 1.39 bits per heavy atom. The smallest absolute Gasteiger partial charge is 0.356 e. The third-order valence-corrected chi connectivity index (χ3v) is 4.30. The number of nitrogens with one attached hydrogen (secondary N) is 1. The lowest BCUT2D eigenvalue weighted by molar-refractivity contribution is -0.0185. The summed E-state index contributed by atoms with van der Waals surface area (Å²) in [5, 5.41) is 11.9. The Morgan fingerprint density at radius 3 is 2.67 bits per heavy atom. The van der Waals surface area contributed by atoms with Gasteiger partial charge in [0.2, 0.25) is 0 Å². The molecular weight excluding hydrogens is 230 g/mol. The molecule has 0 aromatic carbocycles. The lowest BCUT2D eigenvalue weighted by atomic mass is 9.52. The zero-order chi connectivity index (χ0) is 12.6. The van der Waals surface area contributed by atoms with E-state index in [2.05, 4.69) is 15.3 Å². The molecule has 0 unspecified atom stereocenters. The molecular formula is C13H17N3O2.